The third kappa shape index (κ3) is 3.23. The number of aromatic nitrogens is 1. The van der Waals surface area contributed by atoms with E-state index in [0.717, 1.165) is 23.5 Å². The molecular weight excluding hydrogens is 320 g/mol. The smallest absolute Gasteiger partial charge is 0.347 e. The number of carbonyl (C=O) groups is 1. The van der Waals surface area contributed by atoms with Crippen LogP contribution in [0.2, 0.25) is 0 Å². The van der Waals surface area contributed by atoms with E-state index in [-0.39, 0.29) is 16.3 Å². The summed E-state index contributed by atoms with van der Waals surface area (Å²) in [6.45, 7) is 2.02. The SMILES string of the molecule is CCc1csc(CNS(=O)(=O)c2ccsc2C(=O)O)n1. The van der Waals surface area contributed by atoms with Crippen LogP contribution in [0.1, 0.15) is 27.3 Å². The molecule has 0 saturated carbocycles. The minimum atomic E-state index is -3.84. The zero-order chi connectivity index (χ0) is 14.8. The zero-order valence-electron chi connectivity index (χ0n) is 10.5. The lowest BCUT2D eigenvalue weighted by atomic mass is 10.4. The summed E-state index contributed by atoms with van der Waals surface area (Å²) in [5.41, 5.74) is 0.908. The number of thiazole rings is 1. The van der Waals surface area contributed by atoms with Crippen LogP contribution in [-0.4, -0.2) is 24.5 Å². The van der Waals surface area contributed by atoms with Crippen LogP contribution in [0.3, 0.4) is 0 Å². The number of hydrogen-bond donors (Lipinski definition) is 2. The van der Waals surface area contributed by atoms with E-state index >= 15 is 0 Å². The van der Waals surface area contributed by atoms with Crippen LogP contribution in [0.5, 0.6) is 0 Å². The van der Waals surface area contributed by atoms with Crippen LogP contribution in [0, 0.1) is 0 Å². The number of nitrogens with one attached hydrogen (secondary N) is 1. The minimum absolute atomic E-state index is 0.0574. The van der Waals surface area contributed by atoms with Crippen LogP contribution in [0.25, 0.3) is 0 Å². The maximum absolute atomic E-state index is 12.1. The number of thiophene rings is 1. The highest BCUT2D eigenvalue weighted by Gasteiger charge is 2.23. The van der Waals surface area contributed by atoms with Gasteiger partial charge in [-0.1, -0.05) is 6.92 Å². The van der Waals surface area contributed by atoms with Gasteiger partial charge in [-0.15, -0.1) is 22.7 Å². The number of sulfonamides is 1. The van der Waals surface area contributed by atoms with E-state index in [0.29, 0.717) is 5.01 Å². The first kappa shape index (κ1) is 15.1. The highest BCUT2D eigenvalue weighted by atomic mass is 32.2. The van der Waals surface area contributed by atoms with Crippen molar-refractivity contribution in [2.24, 2.45) is 0 Å². The van der Waals surface area contributed by atoms with Crippen molar-refractivity contribution in [3.8, 4) is 0 Å². The van der Waals surface area contributed by atoms with Crippen molar-refractivity contribution in [3.05, 3.63) is 32.4 Å². The van der Waals surface area contributed by atoms with E-state index in [1.807, 2.05) is 12.3 Å². The molecule has 0 radical (unpaired) electrons. The van der Waals surface area contributed by atoms with Gasteiger partial charge in [-0.25, -0.2) is 22.9 Å². The van der Waals surface area contributed by atoms with Gasteiger partial charge in [-0.2, -0.15) is 0 Å². The number of aromatic carboxylic acids is 1. The molecule has 0 bridgehead atoms. The predicted molar refractivity (Wildman–Crippen MR) is 76.8 cm³/mol. The van der Waals surface area contributed by atoms with Gasteiger partial charge in [-0.3, -0.25) is 0 Å². The van der Waals surface area contributed by atoms with Crippen molar-refractivity contribution in [1.82, 2.24) is 9.71 Å². The highest BCUT2D eigenvalue weighted by Crippen LogP contribution is 2.22. The summed E-state index contributed by atoms with van der Waals surface area (Å²) in [5, 5.41) is 12.9. The molecule has 20 heavy (non-hydrogen) atoms. The standard InChI is InChI=1S/C11H12N2O4S3/c1-2-7-6-19-9(13-7)5-12-20(16,17)8-3-4-18-10(8)11(14)15/h3-4,6,12H,2,5H2,1H3,(H,14,15). The quantitative estimate of drug-likeness (QED) is 0.843. The van der Waals surface area contributed by atoms with Gasteiger partial charge in [0.2, 0.25) is 10.0 Å². The van der Waals surface area contributed by atoms with Gasteiger partial charge in [0.1, 0.15) is 14.8 Å². The average Bonchev–Trinajstić information content (AvgIpc) is 3.05. The lowest BCUT2D eigenvalue weighted by Crippen LogP contribution is -2.24. The van der Waals surface area contributed by atoms with Crippen molar-refractivity contribution >= 4 is 38.7 Å². The van der Waals surface area contributed by atoms with Gasteiger partial charge in [0.25, 0.3) is 0 Å². The van der Waals surface area contributed by atoms with E-state index < -0.39 is 16.0 Å². The van der Waals surface area contributed by atoms with Crippen LogP contribution < -0.4 is 4.72 Å². The molecule has 0 saturated heterocycles. The van der Waals surface area contributed by atoms with Crippen LogP contribution in [0.15, 0.2) is 21.7 Å². The monoisotopic (exact) mass is 332 g/mol. The van der Waals surface area contributed by atoms with Gasteiger partial charge in [0, 0.05) is 5.38 Å². The molecular formula is C11H12N2O4S3. The summed E-state index contributed by atoms with van der Waals surface area (Å²) in [6, 6.07) is 1.29. The summed E-state index contributed by atoms with van der Waals surface area (Å²) < 4.78 is 26.5. The number of carboxylic acid groups (broad SMARTS) is 1. The first-order valence-corrected chi connectivity index (χ1v) is 8.92. The molecule has 0 unspecified atom stereocenters. The Morgan fingerprint density at radius 1 is 1.45 bits per heavy atom. The third-order valence-corrected chi connectivity index (χ3v) is 5.86. The summed E-state index contributed by atoms with van der Waals surface area (Å²) in [6.07, 6.45) is 0.789. The van der Waals surface area contributed by atoms with Crippen LogP contribution in [0.4, 0.5) is 0 Å². The Morgan fingerprint density at radius 2 is 2.20 bits per heavy atom. The lowest BCUT2D eigenvalue weighted by molar-refractivity contribution is 0.0698. The maximum Gasteiger partial charge on any atom is 0.347 e. The number of aryl methyl sites for hydroxylation is 1. The predicted octanol–water partition coefficient (Wildman–Crippen LogP) is 1.94. The second-order valence-corrected chi connectivity index (χ2v) is 7.42. The normalized spacial score (nSPS) is 11.7. The molecule has 0 aliphatic heterocycles. The van der Waals surface area contributed by atoms with Gasteiger partial charge in [0.05, 0.1) is 12.2 Å². The minimum Gasteiger partial charge on any atom is -0.477 e. The van der Waals surface area contributed by atoms with E-state index in [1.165, 1.54) is 22.8 Å². The Hall–Kier alpha value is -1.29. The molecule has 0 aliphatic rings. The topological polar surface area (TPSA) is 96.4 Å². The Bertz CT molecular complexity index is 718. The molecule has 2 N–H and O–H groups in total. The van der Waals surface area contributed by atoms with Crippen molar-refractivity contribution in [2.75, 3.05) is 0 Å². The zero-order valence-corrected chi connectivity index (χ0v) is 12.9. The summed E-state index contributed by atoms with van der Waals surface area (Å²) in [7, 11) is -3.84. The van der Waals surface area contributed by atoms with E-state index in [9.17, 15) is 13.2 Å². The van der Waals surface area contributed by atoms with E-state index in [2.05, 4.69) is 9.71 Å². The number of hydrogen-bond acceptors (Lipinski definition) is 6. The van der Waals surface area contributed by atoms with Gasteiger partial charge < -0.3 is 5.11 Å². The molecule has 2 aromatic heterocycles. The molecule has 0 spiro atoms. The number of nitrogens with zero attached hydrogens (tertiary/aromatic N) is 1. The molecule has 0 atom stereocenters. The molecule has 108 valence electrons. The fraction of sp³-hybridized carbons (Fsp3) is 0.273. The highest BCUT2D eigenvalue weighted by molar-refractivity contribution is 7.89. The Kier molecular flexibility index (Phi) is 4.53. The van der Waals surface area contributed by atoms with Gasteiger partial charge in [0.15, 0.2) is 0 Å². The van der Waals surface area contributed by atoms with Crippen molar-refractivity contribution in [3.63, 3.8) is 0 Å². The van der Waals surface area contributed by atoms with Crippen LogP contribution in [-0.2, 0) is 23.0 Å². The fourth-order valence-corrected chi connectivity index (χ4v) is 4.65. The lowest BCUT2D eigenvalue weighted by Gasteiger charge is -2.04. The summed E-state index contributed by atoms with van der Waals surface area (Å²) in [5.74, 6) is -1.25. The summed E-state index contributed by atoms with van der Waals surface area (Å²) >= 11 is 2.25. The summed E-state index contributed by atoms with van der Waals surface area (Å²) in [4.78, 5) is 14.8. The second-order valence-electron chi connectivity index (χ2n) is 3.83. The van der Waals surface area contributed by atoms with Crippen molar-refractivity contribution in [2.45, 2.75) is 24.8 Å². The van der Waals surface area contributed by atoms with Crippen molar-refractivity contribution in [1.29, 1.82) is 0 Å². The third-order valence-electron chi connectivity index (χ3n) is 2.49. The molecule has 0 aromatic carbocycles. The molecule has 0 aliphatic carbocycles. The van der Waals surface area contributed by atoms with Gasteiger partial charge in [-0.05, 0) is 17.9 Å². The molecule has 2 heterocycles. The Balaban J connectivity index is 2.15. The molecule has 0 fully saturated rings. The molecule has 9 heteroatoms. The average molecular weight is 332 g/mol. The first-order chi connectivity index (χ1) is 9.44. The first-order valence-electron chi connectivity index (χ1n) is 5.67. The fourth-order valence-electron chi connectivity index (χ4n) is 1.49. The number of rotatable bonds is 6. The second kappa shape index (κ2) is 6.00. The van der Waals surface area contributed by atoms with Gasteiger partial charge >= 0.3 is 5.97 Å². The van der Waals surface area contributed by atoms with Crippen LogP contribution >= 0.6 is 22.7 Å². The number of carboxylic acids is 1. The largest absolute Gasteiger partial charge is 0.477 e. The molecule has 0 amide bonds. The van der Waals surface area contributed by atoms with Crippen molar-refractivity contribution < 1.29 is 18.3 Å². The molecule has 2 rings (SSSR count). The van der Waals surface area contributed by atoms with E-state index in [1.54, 1.807) is 0 Å². The maximum atomic E-state index is 12.1. The Labute approximate surface area is 124 Å². The Morgan fingerprint density at radius 3 is 2.80 bits per heavy atom. The molecule has 2 aromatic rings. The molecule has 6 nitrogen and oxygen atoms in total. The van der Waals surface area contributed by atoms with E-state index in [4.69, 9.17) is 5.11 Å².